The van der Waals surface area contributed by atoms with Crippen LogP contribution < -0.4 is 0 Å². The van der Waals surface area contributed by atoms with Gasteiger partial charge in [0.2, 0.25) is 0 Å². The maximum absolute atomic E-state index is 11.8. The number of thiophene rings is 1. The van der Waals surface area contributed by atoms with Crippen LogP contribution in [-0.2, 0) is 4.79 Å². The summed E-state index contributed by atoms with van der Waals surface area (Å²) in [7, 11) is 0. The second-order valence-corrected chi connectivity index (χ2v) is 8.22. The van der Waals surface area contributed by atoms with Crippen LogP contribution in [0.4, 0.5) is 0 Å². The van der Waals surface area contributed by atoms with E-state index in [0.29, 0.717) is 16.5 Å². The predicted octanol–water partition coefficient (Wildman–Crippen LogP) is 5.85. The largest absolute Gasteiger partial charge is 0.480 e. The molecular weight excluding hydrogens is 389 g/mol. The Morgan fingerprint density at radius 1 is 1.19 bits per heavy atom. The molecule has 2 unspecified atom stereocenters. The lowest BCUT2D eigenvalue weighted by Gasteiger charge is -2.32. The Morgan fingerprint density at radius 3 is 2.77 bits per heavy atom. The zero-order chi connectivity index (χ0) is 18.3. The molecule has 3 nitrogen and oxygen atoms in total. The molecule has 1 aliphatic heterocycles. The van der Waals surface area contributed by atoms with Crippen molar-refractivity contribution in [3.63, 3.8) is 0 Å². The molecular formula is C20H17Cl2NO2S. The van der Waals surface area contributed by atoms with E-state index in [0.717, 1.165) is 29.5 Å². The first-order chi connectivity index (χ1) is 12.6. The molecule has 4 rings (SSSR count). The molecule has 0 saturated carbocycles. The number of rotatable bonds is 4. The number of carboxylic acids is 1. The fourth-order valence-corrected chi connectivity index (χ4v) is 5.09. The van der Waals surface area contributed by atoms with Crippen LogP contribution in [-0.4, -0.2) is 28.6 Å². The molecule has 6 heteroatoms. The van der Waals surface area contributed by atoms with E-state index in [-0.39, 0.29) is 6.04 Å². The lowest BCUT2D eigenvalue weighted by Crippen LogP contribution is -2.39. The van der Waals surface area contributed by atoms with Crippen molar-refractivity contribution >= 4 is 50.6 Å². The van der Waals surface area contributed by atoms with Crippen LogP contribution in [0.2, 0.25) is 10.0 Å². The minimum Gasteiger partial charge on any atom is -0.480 e. The Hall–Kier alpha value is -1.59. The number of aliphatic carboxylic acids is 1. The average Bonchev–Trinajstić information content (AvgIpc) is 3.26. The van der Waals surface area contributed by atoms with Crippen LogP contribution in [0.3, 0.4) is 0 Å². The quantitative estimate of drug-likeness (QED) is 0.591. The third-order valence-corrected chi connectivity index (χ3v) is 6.70. The van der Waals surface area contributed by atoms with Crippen molar-refractivity contribution in [1.82, 2.24) is 4.90 Å². The van der Waals surface area contributed by atoms with Gasteiger partial charge in [0.15, 0.2) is 0 Å². The van der Waals surface area contributed by atoms with Crippen molar-refractivity contribution in [2.75, 3.05) is 6.54 Å². The SMILES string of the molecule is O=C(O)C1CCCN1C(c1ccc(Cl)c(Cl)c1)c1csc2ccccc12. The smallest absolute Gasteiger partial charge is 0.320 e. The number of hydrogen-bond acceptors (Lipinski definition) is 3. The maximum Gasteiger partial charge on any atom is 0.320 e. The van der Waals surface area contributed by atoms with Crippen molar-refractivity contribution in [2.45, 2.75) is 24.9 Å². The molecule has 134 valence electrons. The minimum absolute atomic E-state index is 0.162. The zero-order valence-electron chi connectivity index (χ0n) is 13.9. The van der Waals surface area contributed by atoms with Gasteiger partial charge in [-0.15, -0.1) is 11.3 Å². The minimum atomic E-state index is -0.771. The van der Waals surface area contributed by atoms with Crippen LogP contribution in [0.15, 0.2) is 47.8 Å². The van der Waals surface area contributed by atoms with E-state index >= 15 is 0 Å². The number of fused-ring (bicyclic) bond motifs is 1. The molecule has 0 amide bonds. The normalized spacial score (nSPS) is 19.1. The second kappa shape index (κ2) is 7.20. The Labute approximate surface area is 165 Å². The Kier molecular flexibility index (Phi) is 4.93. The topological polar surface area (TPSA) is 40.5 Å². The first kappa shape index (κ1) is 17.8. The molecule has 0 aliphatic carbocycles. The van der Waals surface area contributed by atoms with E-state index in [9.17, 15) is 9.90 Å². The van der Waals surface area contributed by atoms with Gasteiger partial charge in [-0.3, -0.25) is 9.69 Å². The lowest BCUT2D eigenvalue weighted by atomic mass is 9.96. The number of hydrogen-bond donors (Lipinski definition) is 1. The Bertz CT molecular complexity index is 971. The third kappa shape index (κ3) is 3.12. The molecule has 0 radical (unpaired) electrons. The highest BCUT2D eigenvalue weighted by molar-refractivity contribution is 7.17. The first-order valence-corrected chi connectivity index (χ1v) is 10.1. The van der Waals surface area contributed by atoms with Crippen molar-refractivity contribution in [1.29, 1.82) is 0 Å². The molecule has 1 saturated heterocycles. The van der Waals surface area contributed by atoms with Gasteiger partial charge in [0.1, 0.15) is 6.04 Å². The van der Waals surface area contributed by atoms with E-state index in [1.165, 1.54) is 4.70 Å². The maximum atomic E-state index is 11.8. The number of likely N-dealkylation sites (tertiary alicyclic amines) is 1. The van der Waals surface area contributed by atoms with Crippen LogP contribution in [0.1, 0.15) is 30.0 Å². The summed E-state index contributed by atoms with van der Waals surface area (Å²) in [5, 5.41) is 14.0. The zero-order valence-corrected chi connectivity index (χ0v) is 16.2. The highest BCUT2D eigenvalue weighted by Gasteiger charge is 2.37. The van der Waals surface area contributed by atoms with Gasteiger partial charge in [-0.05, 0) is 52.9 Å². The van der Waals surface area contributed by atoms with Gasteiger partial charge in [-0.1, -0.05) is 47.5 Å². The molecule has 1 fully saturated rings. The van der Waals surface area contributed by atoms with E-state index in [1.54, 1.807) is 17.4 Å². The highest BCUT2D eigenvalue weighted by Crippen LogP contribution is 2.41. The molecule has 1 aromatic heterocycles. The summed E-state index contributed by atoms with van der Waals surface area (Å²) >= 11 is 14.1. The van der Waals surface area contributed by atoms with E-state index < -0.39 is 12.0 Å². The van der Waals surface area contributed by atoms with E-state index in [2.05, 4.69) is 22.4 Å². The van der Waals surface area contributed by atoms with Crippen molar-refractivity contribution in [2.24, 2.45) is 0 Å². The van der Waals surface area contributed by atoms with Crippen molar-refractivity contribution in [3.8, 4) is 0 Å². The molecule has 0 spiro atoms. The summed E-state index contributed by atoms with van der Waals surface area (Å²) in [6.45, 7) is 0.742. The molecule has 1 N–H and O–H groups in total. The summed E-state index contributed by atoms with van der Waals surface area (Å²) in [5.74, 6) is -0.771. The lowest BCUT2D eigenvalue weighted by molar-refractivity contribution is -0.142. The van der Waals surface area contributed by atoms with Crippen molar-refractivity contribution in [3.05, 3.63) is 69.0 Å². The second-order valence-electron chi connectivity index (χ2n) is 6.50. The van der Waals surface area contributed by atoms with Crippen molar-refractivity contribution < 1.29 is 9.90 Å². The number of halogens is 2. The van der Waals surface area contributed by atoms with Gasteiger partial charge >= 0.3 is 5.97 Å². The van der Waals surface area contributed by atoms with Gasteiger partial charge in [-0.2, -0.15) is 0 Å². The van der Waals surface area contributed by atoms with Gasteiger partial charge in [-0.25, -0.2) is 0 Å². The molecule has 3 aromatic rings. The number of benzene rings is 2. The predicted molar refractivity (Wildman–Crippen MR) is 107 cm³/mol. The van der Waals surface area contributed by atoms with E-state index in [4.69, 9.17) is 23.2 Å². The summed E-state index contributed by atoms with van der Waals surface area (Å²) in [6.07, 6.45) is 1.53. The highest BCUT2D eigenvalue weighted by atomic mass is 35.5. The van der Waals surface area contributed by atoms with Gasteiger partial charge in [0.05, 0.1) is 16.1 Å². The van der Waals surface area contributed by atoms with Crippen LogP contribution >= 0.6 is 34.5 Å². The standard InChI is InChI=1S/C20H17Cl2NO2S/c21-15-8-7-12(10-16(15)22)19(23-9-3-5-17(23)20(24)25)14-11-26-18-6-2-1-4-13(14)18/h1-2,4,6-8,10-11,17,19H,3,5,9H2,(H,24,25). The summed E-state index contributed by atoms with van der Waals surface area (Å²) in [4.78, 5) is 13.9. The fourth-order valence-electron chi connectivity index (χ4n) is 3.81. The molecule has 26 heavy (non-hydrogen) atoms. The summed E-state index contributed by atoms with van der Waals surface area (Å²) < 4.78 is 1.19. The summed E-state index contributed by atoms with van der Waals surface area (Å²) in [6, 6.07) is 13.2. The summed E-state index contributed by atoms with van der Waals surface area (Å²) in [5.41, 5.74) is 2.09. The van der Waals surface area contributed by atoms with Gasteiger partial charge < -0.3 is 5.11 Å². The average molecular weight is 406 g/mol. The number of carboxylic acid groups (broad SMARTS) is 1. The third-order valence-electron chi connectivity index (χ3n) is 4.98. The van der Waals surface area contributed by atoms with Gasteiger partial charge in [0.25, 0.3) is 0 Å². The number of carbonyl (C=O) groups is 1. The molecule has 2 aromatic carbocycles. The first-order valence-electron chi connectivity index (χ1n) is 8.46. The molecule has 1 aliphatic rings. The molecule has 2 heterocycles. The van der Waals surface area contributed by atoms with Crippen LogP contribution in [0, 0.1) is 0 Å². The molecule has 0 bridgehead atoms. The van der Waals surface area contributed by atoms with E-state index in [1.807, 2.05) is 24.3 Å². The van der Waals surface area contributed by atoms with Crippen LogP contribution in [0.25, 0.3) is 10.1 Å². The Morgan fingerprint density at radius 2 is 2.00 bits per heavy atom. The fraction of sp³-hybridized carbons (Fsp3) is 0.250. The van der Waals surface area contributed by atoms with Gasteiger partial charge in [0, 0.05) is 11.2 Å². The van der Waals surface area contributed by atoms with Crippen LogP contribution in [0.5, 0.6) is 0 Å². The monoisotopic (exact) mass is 405 g/mol. The Balaban J connectivity index is 1.89. The number of nitrogens with zero attached hydrogens (tertiary/aromatic N) is 1. The molecule has 2 atom stereocenters.